The van der Waals surface area contributed by atoms with E-state index in [4.69, 9.17) is 0 Å². The van der Waals surface area contributed by atoms with Gasteiger partial charge in [0, 0.05) is 5.56 Å². The fourth-order valence-electron chi connectivity index (χ4n) is 1.69. The van der Waals surface area contributed by atoms with Gasteiger partial charge in [0.05, 0.1) is 11.3 Å². The number of hydrogen-bond acceptors (Lipinski definition) is 5. The highest BCUT2D eigenvalue weighted by molar-refractivity contribution is 5.47. The molecule has 112 valence electrons. The van der Waals surface area contributed by atoms with Gasteiger partial charge in [-0.05, 0) is 22.6 Å². The summed E-state index contributed by atoms with van der Waals surface area (Å²) in [7, 11) is 0. The van der Waals surface area contributed by atoms with Crippen LogP contribution in [-0.2, 0) is 22.4 Å². The molecule has 0 aliphatic rings. The van der Waals surface area contributed by atoms with Gasteiger partial charge in [-0.25, -0.2) is 15.4 Å². The van der Waals surface area contributed by atoms with E-state index in [0.717, 1.165) is 12.1 Å². The number of nitrogens with zero attached hydrogens (tertiary/aromatic N) is 3. The topological polar surface area (TPSA) is 102 Å². The third-order valence-electron chi connectivity index (χ3n) is 2.51. The van der Waals surface area contributed by atoms with Gasteiger partial charge in [0.25, 0.3) is 0 Å². The summed E-state index contributed by atoms with van der Waals surface area (Å²) < 4.78 is 39.7. The largest absolute Gasteiger partial charge is 0.416 e. The van der Waals surface area contributed by atoms with Crippen molar-refractivity contribution in [2.45, 2.75) is 12.8 Å². The Hall–Kier alpha value is -2.69. The van der Waals surface area contributed by atoms with Crippen LogP contribution in [0.25, 0.3) is 5.69 Å². The van der Waals surface area contributed by atoms with Crippen LogP contribution in [0.1, 0.15) is 11.1 Å². The van der Waals surface area contributed by atoms with E-state index in [1.165, 1.54) is 6.07 Å². The van der Waals surface area contributed by atoms with Crippen molar-refractivity contribution in [2.24, 2.45) is 0 Å². The Balaban J connectivity index is 2.56. The first-order valence-electron chi connectivity index (χ1n) is 5.46. The fourth-order valence-corrected chi connectivity index (χ4v) is 1.69. The normalized spacial score (nSPS) is 11.4. The second kappa shape index (κ2) is 5.75. The second-order valence-electron chi connectivity index (χ2n) is 3.74. The van der Waals surface area contributed by atoms with Crippen molar-refractivity contribution in [1.82, 2.24) is 25.7 Å². The molecule has 2 N–H and O–H groups in total. The minimum Gasteiger partial charge on any atom is -0.277 e. The van der Waals surface area contributed by atoms with Gasteiger partial charge >= 0.3 is 11.9 Å². The van der Waals surface area contributed by atoms with Crippen LogP contribution in [-0.4, -0.2) is 26.6 Å². The monoisotopic (exact) mass is 303 g/mol. The number of aromatic amines is 1. The van der Waals surface area contributed by atoms with E-state index in [0.29, 0.717) is 4.68 Å². The molecule has 0 spiro atoms. The van der Waals surface area contributed by atoms with Crippen molar-refractivity contribution in [3.05, 3.63) is 39.8 Å². The van der Waals surface area contributed by atoms with E-state index in [9.17, 15) is 22.8 Å². The van der Waals surface area contributed by atoms with E-state index >= 15 is 0 Å². The van der Waals surface area contributed by atoms with Crippen LogP contribution in [0.15, 0.2) is 23.0 Å². The molecule has 1 aromatic carbocycles. The Morgan fingerprint density at radius 1 is 1.43 bits per heavy atom. The van der Waals surface area contributed by atoms with Gasteiger partial charge in [0.1, 0.15) is 6.61 Å². The SMILES string of the molecule is O=CNOCc1c(-n2nn[nH]c2=O)cccc1C(F)(F)F. The Labute approximate surface area is 114 Å². The molecule has 0 saturated carbocycles. The highest BCUT2D eigenvalue weighted by atomic mass is 19.4. The number of aromatic nitrogens is 4. The molecule has 0 saturated heterocycles. The smallest absolute Gasteiger partial charge is 0.277 e. The van der Waals surface area contributed by atoms with Gasteiger partial charge in [-0.1, -0.05) is 6.07 Å². The summed E-state index contributed by atoms with van der Waals surface area (Å²) in [6.45, 7) is -0.608. The first kappa shape index (κ1) is 14.7. The van der Waals surface area contributed by atoms with Crippen molar-refractivity contribution in [3.8, 4) is 5.69 Å². The molecule has 0 unspecified atom stereocenters. The molecule has 1 aromatic heterocycles. The summed E-state index contributed by atoms with van der Waals surface area (Å²) >= 11 is 0. The van der Waals surface area contributed by atoms with Crippen LogP contribution in [0, 0.1) is 0 Å². The molecular weight excluding hydrogens is 295 g/mol. The number of hydrogen-bond donors (Lipinski definition) is 2. The highest BCUT2D eigenvalue weighted by Gasteiger charge is 2.34. The Bertz CT molecular complexity index is 694. The molecule has 0 aliphatic heterocycles. The van der Waals surface area contributed by atoms with Gasteiger partial charge in [-0.2, -0.15) is 17.9 Å². The number of tetrazole rings is 1. The summed E-state index contributed by atoms with van der Waals surface area (Å²) in [5.74, 6) is 0. The lowest BCUT2D eigenvalue weighted by Gasteiger charge is -2.15. The van der Waals surface area contributed by atoms with Crippen LogP contribution in [0.4, 0.5) is 13.2 Å². The van der Waals surface area contributed by atoms with Crippen LogP contribution in [0.2, 0.25) is 0 Å². The number of hydroxylamine groups is 1. The number of rotatable bonds is 5. The maximum absolute atomic E-state index is 13.0. The molecule has 11 heteroatoms. The molecule has 0 aliphatic carbocycles. The number of carbonyl (C=O) groups excluding carboxylic acids is 1. The molecule has 2 aromatic rings. The molecule has 8 nitrogen and oxygen atoms in total. The van der Waals surface area contributed by atoms with Gasteiger partial charge in [0.15, 0.2) is 0 Å². The molecule has 0 atom stereocenters. The van der Waals surface area contributed by atoms with Crippen molar-refractivity contribution in [1.29, 1.82) is 0 Å². The summed E-state index contributed by atoms with van der Waals surface area (Å²) in [5.41, 5.74) is -0.556. The van der Waals surface area contributed by atoms with E-state index in [1.807, 2.05) is 5.10 Å². The van der Waals surface area contributed by atoms with Crippen molar-refractivity contribution in [3.63, 3.8) is 0 Å². The lowest BCUT2D eigenvalue weighted by molar-refractivity contribution is -0.139. The lowest BCUT2D eigenvalue weighted by Crippen LogP contribution is -2.22. The predicted molar refractivity (Wildman–Crippen MR) is 61.0 cm³/mol. The van der Waals surface area contributed by atoms with Gasteiger partial charge in [-0.3, -0.25) is 9.63 Å². The maximum Gasteiger partial charge on any atom is 0.416 e. The predicted octanol–water partition coefficient (Wildman–Crippen LogP) is 0.152. The molecule has 0 radical (unpaired) electrons. The minimum absolute atomic E-state index is 0.156. The zero-order valence-electron chi connectivity index (χ0n) is 10.2. The average molecular weight is 303 g/mol. The molecule has 2 rings (SSSR count). The van der Waals surface area contributed by atoms with Crippen molar-refractivity contribution in [2.75, 3.05) is 0 Å². The second-order valence-corrected chi connectivity index (χ2v) is 3.74. The lowest BCUT2D eigenvalue weighted by atomic mass is 10.1. The number of carbonyl (C=O) groups is 1. The molecular formula is C10H8F3N5O3. The number of benzene rings is 1. The van der Waals surface area contributed by atoms with E-state index in [2.05, 4.69) is 15.3 Å². The highest BCUT2D eigenvalue weighted by Crippen LogP contribution is 2.34. The molecule has 1 heterocycles. The number of alkyl halides is 3. The number of nitrogens with one attached hydrogen (secondary N) is 2. The number of halogens is 3. The Kier molecular flexibility index (Phi) is 4.03. The van der Waals surface area contributed by atoms with E-state index in [-0.39, 0.29) is 17.7 Å². The van der Waals surface area contributed by atoms with Gasteiger partial charge in [-0.15, -0.1) is 0 Å². The fraction of sp³-hybridized carbons (Fsp3) is 0.200. The first-order valence-corrected chi connectivity index (χ1v) is 5.46. The average Bonchev–Trinajstić information content (AvgIpc) is 2.84. The molecule has 21 heavy (non-hydrogen) atoms. The third-order valence-corrected chi connectivity index (χ3v) is 2.51. The van der Waals surface area contributed by atoms with Gasteiger partial charge < -0.3 is 0 Å². The first-order chi connectivity index (χ1) is 9.95. The molecule has 0 bridgehead atoms. The van der Waals surface area contributed by atoms with Crippen LogP contribution in [0.5, 0.6) is 0 Å². The van der Waals surface area contributed by atoms with E-state index in [1.54, 1.807) is 5.48 Å². The summed E-state index contributed by atoms with van der Waals surface area (Å²) in [4.78, 5) is 26.1. The molecule has 0 fully saturated rings. The quantitative estimate of drug-likeness (QED) is 0.465. The third kappa shape index (κ3) is 3.08. The summed E-state index contributed by atoms with van der Waals surface area (Å²) in [6, 6.07) is 3.20. The minimum atomic E-state index is -4.66. The zero-order chi connectivity index (χ0) is 15.5. The zero-order valence-corrected chi connectivity index (χ0v) is 10.2. The van der Waals surface area contributed by atoms with Gasteiger partial charge in [0.2, 0.25) is 6.41 Å². The summed E-state index contributed by atoms with van der Waals surface area (Å²) in [6.07, 6.45) is -4.50. The Morgan fingerprint density at radius 2 is 2.19 bits per heavy atom. The Morgan fingerprint density at radius 3 is 2.76 bits per heavy atom. The number of H-pyrrole nitrogens is 1. The van der Waals surface area contributed by atoms with E-state index < -0.39 is 24.0 Å². The van der Waals surface area contributed by atoms with Crippen LogP contribution < -0.4 is 11.2 Å². The van der Waals surface area contributed by atoms with Crippen molar-refractivity contribution < 1.29 is 22.8 Å². The van der Waals surface area contributed by atoms with Crippen LogP contribution >= 0.6 is 0 Å². The van der Waals surface area contributed by atoms with Crippen molar-refractivity contribution >= 4 is 6.41 Å². The maximum atomic E-state index is 13.0. The molecule has 1 amide bonds. The standard InChI is InChI=1S/C10H8F3N5O3/c11-10(12,13)7-2-1-3-8(6(7)4-21-14-5-19)18-9(20)15-16-17-18/h1-3,5H,4H2,(H,14,19)(H,15,17,20). The summed E-state index contributed by atoms with van der Waals surface area (Å²) in [5, 5.41) is 8.57. The number of amides is 1. The van der Waals surface area contributed by atoms with Crippen LogP contribution in [0.3, 0.4) is 0 Å².